The van der Waals surface area contributed by atoms with Gasteiger partial charge in [-0.1, -0.05) is 23.7 Å². The summed E-state index contributed by atoms with van der Waals surface area (Å²) in [5.74, 6) is -0.0312. The second kappa shape index (κ2) is 7.14. The molecule has 0 aromatic heterocycles. The number of amides is 2. The Balaban J connectivity index is 1.62. The molecule has 0 saturated carbocycles. The van der Waals surface area contributed by atoms with Crippen LogP contribution < -0.4 is 5.32 Å². The summed E-state index contributed by atoms with van der Waals surface area (Å²) in [7, 11) is 0. The average Bonchev–Trinajstić information content (AvgIpc) is 2.83. The van der Waals surface area contributed by atoms with E-state index in [4.69, 9.17) is 16.3 Å². The smallest absolute Gasteiger partial charge is 0.409 e. The molecule has 0 radical (unpaired) electrons. The first-order valence-corrected chi connectivity index (χ1v) is 6.96. The van der Waals surface area contributed by atoms with Crippen molar-refractivity contribution in [3.05, 3.63) is 34.9 Å². The van der Waals surface area contributed by atoms with Crippen LogP contribution in [0.3, 0.4) is 0 Å². The Morgan fingerprint density at radius 2 is 2.10 bits per heavy atom. The fourth-order valence-corrected chi connectivity index (χ4v) is 2.10. The van der Waals surface area contributed by atoms with Gasteiger partial charge >= 0.3 is 6.09 Å². The SMILES string of the molecule is O=C(Cc1ccc(Cl)cc1)NCCCN1CCOC1=O. The maximum atomic E-state index is 11.7. The summed E-state index contributed by atoms with van der Waals surface area (Å²) < 4.78 is 4.82. The highest BCUT2D eigenvalue weighted by molar-refractivity contribution is 6.30. The highest BCUT2D eigenvalue weighted by Crippen LogP contribution is 2.09. The first-order valence-electron chi connectivity index (χ1n) is 6.58. The van der Waals surface area contributed by atoms with Crippen molar-refractivity contribution in [2.75, 3.05) is 26.2 Å². The molecule has 6 heteroatoms. The lowest BCUT2D eigenvalue weighted by molar-refractivity contribution is -0.120. The normalized spacial score (nSPS) is 14.2. The number of halogens is 1. The zero-order valence-corrected chi connectivity index (χ0v) is 11.9. The lowest BCUT2D eigenvalue weighted by Gasteiger charge is -2.12. The number of nitrogens with zero attached hydrogens (tertiary/aromatic N) is 1. The molecule has 1 aliphatic rings. The molecule has 1 heterocycles. The molecule has 1 aliphatic heterocycles. The summed E-state index contributed by atoms with van der Waals surface area (Å²) in [6, 6.07) is 7.20. The molecule has 1 fully saturated rings. The van der Waals surface area contributed by atoms with E-state index >= 15 is 0 Å². The molecule has 1 aromatic rings. The quantitative estimate of drug-likeness (QED) is 0.815. The predicted octanol–water partition coefficient (Wildman–Crippen LogP) is 1.84. The molecule has 0 aliphatic carbocycles. The van der Waals surface area contributed by atoms with Gasteiger partial charge in [0.1, 0.15) is 6.61 Å². The summed E-state index contributed by atoms with van der Waals surface area (Å²) in [6.45, 7) is 2.26. The molecule has 2 amide bonds. The lowest BCUT2D eigenvalue weighted by Crippen LogP contribution is -2.31. The molecule has 1 N–H and O–H groups in total. The van der Waals surface area contributed by atoms with Gasteiger partial charge in [0.25, 0.3) is 0 Å². The summed E-state index contributed by atoms with van der Waals surface area (Å²) in [5, 5.41) is 3.49. The molecule has 2 rings (SSSR count). The number of cyclic esters (lactones) is 1. The van der Waals surface area contributed by atoms with E-state index in [2.05, 4.69) is 5.32 Å². The van der Waals surface area contributed by atoms with Gasteiger partial charge in [-0.05, 0) is 24.1 Å². The van der Waals surface area contributed by atoms with Crippen molar-refractivity contribution in [2.24, 2.45) is 0 Å². The average molecular weight is 297 g/mol. The largest absolute Gasteiger partial charge is 0.448 e. The van der Waals surface area contributed by atoms with Crippen LogP contribution in [0.2, 0.25) is 5.02 Å². The second-order valence-corrected chi connectivity index (χ2v) is 5.04. The van der Waals surface area contributed by atoms with Crippen LogP contribution in [0.4, 0.5) is 4.79 Å². The van der Waals surface area contributed by atoms with Crippen LogP contribution in [-0.2, 0) is 16.0 Å². The van der Waals surface area contributed by atoms with E-state index < -0.39 is 0 Å². The molecule has 20 heavy (non-hydrogen) atoms. The molecule has 108 valence electrons. The minimum absolute atomic E-state index is 0.0312. The predicted molar refractivity (Wildman–Crippen MR) is 75.7 cm³/mol. The van der Waals surface area contributed by atoms with E-state index in [1.54, 1.807) is 17.0 Å². The summed E-state index contributed by atoms with van der Waals surface area (Å²) in [5.41, 5.74) is 0.926. The van der Waals surface area contributed by atoms with Crippen LogP contribution in [0.25, 0.3) is 0 Å². The highest BCUT2D eigenvalue weighted by Gasteiger charge is 2.20. The van der Waals surface area contributed by atoms with Gasteiger partial charge < -0.3 is 15.0 Å². The Labute approximate surface area is 122 Å². The first kappa shape index (κ1) is 14.7. The molecular weight excluding hydrogens is 280 g/mol. The first-order chi connectivity index (χ1) is 9.65. The zero-order chi connectivity index (χ0) is 14.4. The van der Waals surface area contributed by atoms with Crippen molar-refractivity contribution in [3.63, 3.8) is 0 Å². The van der Waals surface area contributed by atoms with E-state index in [1.165, 1.54) is 0 Å². The minimum atomic E-state index is -0.266. The van der Waals surface area contributed by atoms with Crippen molar-refractivity contribution in [2.45, 2.75) is 12.8 Å². The van der Waals surface area contributed by atoms with Gasteiger partial charge in [-0.3, -0.25) is 4.79 Å². The monoisotopic (exact) mass is 296 g/mol. The van der Waals surface area contributed by atoms with Crippen molar-refractivity contribution in [1.82, 2.24) is 10.2 Å². The number of rotatable bonds is 6. The van der Waals surface area contributed by atoms with Gasteiger partial charge in [0.05, 0.1) is 13.0 Å². The fourth-order valence-electron chi connectivity index (χ4n) is 1.98. The molecular formula is C14H17ClN2O3. The van der Waals surface area contributed by atoms with Crippen molar-refractivity contribution < 1.29 is 14.3 Å². The van der Waals surface area contributed by atoms with Crippen molar-refractivity contribution in [3.8, 4) is 0 Å². The molecule has 0 spiro atoms. The Hall–Kier alpha value is -1.75. The number of ether oxygens (including phenoxy) is 1. The molecule has 1 saturated heterocycles. The van der Waals surface area contributed by atoms with Crippen LogP contribution in [0.5, 0.6) is 0 Å². The Kier molecular flexibility index (Phi) is 5.24. The van der Waals surface area contributed by atoms with Crippen molar-refractivity contribution in [1.29, 1.82) is 0 Å². The van der Waals surface area contributed by atoms with Crippen LogP contribution in [0.15, 0.2) is 24.3 Å². The molecule has 1 aromatic carbocycles. The summed E-state index contributed by atoms with van der Waals surface area (Å²) in [6.07, 6.45) is 0.794. The van der Waals surface area contributed by atoms with E-state index in [1.807, 2.05) is 12.1 Å². The molecule has 5 nitrogen and oxygen atoms in total. The number of nitrogens with one attached hydrogen (secondary N) is 1. The van der Waals surface area contributed by atoms with E-state index in [-0.39, 0.29) is 12.0 Å². The standard InChI is InChI=1S/C14H17ClN2O3/c15-12-4-2-11(3-5-12)10-13(18)16-6-1-7-17-8-9-20-14(17)19/h2-5H,1,6-10H2,(H,16,18). The maximum absolute atomic E-state index is 11.7. The van der Waals surface area contributed by atoms with Gasteiger partial charge in [-0.15, -0.1) is 0 Å². The Bertz CT molecular complexity index is 476. The van der Waals surface area contributed by atoms with Gasteiger partial charge in [-0.25, -0.2) is 4.79 Å². The Morgan fingerprint density at radius 3 is 2.75 bits per heavy atom. The van der Waals surface area contributed by atoms with Crippen LogP contribution in [0.1, 0.15) is 12.0 Å². The minimum Gasteiger partial charge on any atom is -0.448 e. The van der Waals surface area contributed by atoms with Crippen LogP contribution in [-0.4, -0.2) is 43.1 Å². The van der Waals surface area contributed by atoms with Gasteiger partial charge in [0.2, 0.25) is 5.91 Å². The van der Waals surface area contributed by atoms with E-state index in [0.717, 1.165) is 12.0 Å². The number of carbonyl (C=O) groups is 2. The fraction of sp³-hybridized carbons (Fsp3) is 0.429. The third-order valence-corrected chi connectivity index (χ3v) is 3.30. The topological polar surface area (TPSA) is 58.6 Å². The van der Waals surface area contributed by atoms with Crippen LogP contribution in [0, 0.1) is 0 Å². The van der Waals surface area contributed by atoms with Gasteiger partial charge in [0, 0.05) is 18.1 Å². The molecule has 0 bridgehead atoms. The Morgan fingerprint density at radius 1 is 1.35 bits per heavy atom. The third-order valence-electron chi connectivity index (χ3n) is 3.05. The van der Waals surface area contributed by atoms with Crippen molar-refractivity contribution >= 4 is 23.6 Å². The number of hydrogen-bond acceptors (Lipinski definition) is 3. The number of hydrogen-bond donors (Lipinski definition) is 1. The van der Waals surface area contributed by atoms with Gasteiger partial charge in [0.15, 0.2) is 0 Å². The van der Waals surface area contributed by atoms with E-state index in [9.17, 15) is 9.59 Å². The number of carbonyl (C=O) groups excluding carboxylic acids is 2. The second-order valence-electron chi connectivity index (χ2n) is 4.61. The summed E-state index contributed by atoms with van der Waals surface area (Å²) >= 11 is 5.78. The molecule has 0 atom stereocenters. The molecule has 0 unspecified atom stereocenters. The maximum Gasteiger partial charge on any atom is 0.409 e. The third kappa shape index (κ3) is 4.42. The summed E-state index contributed by atoms with van der Waals surface area (Å²) in [4.78, 5) is 24.5. The van der Waals surface area contributed by atoms with Gasteiger partial charge in [-0.2, -0.15) is 0 Å². The lowest BCUT2D eigenvalue weighted by atomic mass is 10.1. The number of benzene rings is 1. The van der Waals surface area contributed by atoms with E-state index in [0.29, 0.717) is 37.7 Å². The zero-order valence-electron chi connectivity index (χ0n) is 11.1. The highest BCUT2D eigenvalue weighted by atomic mass is 35.5. The van der Waals surface area contributed by atoms with Crippen LogP contribution >= 0.6 is 11.6 Å².